The van der Waals surface area contributed by atoms with Gasteiger partial charge in [-0.15, -0.1) is 11.3 Å². The van der Waals surface area contributed by atoms with Crippen molar-refractivity contribution in [3.05, 3.63) is 35.2 Å². The van der Waals surface area contributed by atoms with Gasteiger partial charge in [0.05, 0.1) is 5.69 Å². The predicted molar refractivity (Wildman–Crippen MR) is 72.3 cm³/mol. The summed E-state index contributed by atoms with van der Waals surface area (Å²) < 4.78 is 26.4. The second-order valence-corrected chi connectivity index (χ2v) is 5.25. The predicted octanol–water partition coefficient (Wildman–Crippen LogP) is 3.90. The van der Waals surface area contributed by atoms with Crippen LogP contribution in [-0.4, -0.2) is 11.2 Å². The van der Waals surface area contributed by atoms with Gasteiger partial charge in [-0.05, 0) is 30.9 Å². The first-order chi connectivity index (χ1) is 9.22. The third kappa shape index (κ3) is 2.96. The molecule has 0 spiro atoms. The fraction of sp³-hybridized carbons (Fsp3) is 0.231. The van der Waals surface area contributed by atoms with Gasteiger partial charge in [0.1, 0.15) is 11.6 Å². The van der Waals surface area contributed by atoms with Crippen LogP contribution in [0.2, 0.25) is 0 Å². The summed E-state index contributed by atoms with van der Waals surface area (Å²) in [5, 5.41) is 6.37. The molecule has 0 atom stereocenters. The fourth-order valence-corrected chi connectivity index (χ4v) is 2.25. The van der Waals surface area contributed by atoms with E-state index in [1.807, 2.05) is 6.21 Å². The van der Waals surface area contributed by atoms with Crippen LogP contribution in [0, 0.1) is 17.6 Å². The summed E-state index contributed by atoms with van der Waals surface area (Å²) in [6, 6.07) is 3.46. The van der Waals surface area contributed by atoms with Gasteiger partial charge in [0, 0.05) is 23.2 Å². The van der Waals surface area contributed by atoms with Gasteiger partial charge in [-0.2, -0.15) is 5.10 Å². The summed E-state index contributed by atoms with van der Waals surface area (Å²) in [7, 11) is 0. The molecule has 1 aliphatic carbocycles. The second-order valence-electron chi connectivity index (χ2n) is 4.39. The largest absolute Gasteiger partial charge is 0.253 e. The highest BCUT2D eigenvalue weighted by Gasteiger charge is 2.18. The van der Waals surface area contributed by atoms with Gasteiger partial charge in [0.25, 0.3) is 0 Å². The van der Waals surface area contributed by atoms with Crippen LogP contribution in [0.15, 0.2) is 28.7 Å². The SMILES string of the molecule is Fc1ccc(-c2csc(N/N=C/C3CC3)n2)c(F)c1. The van der Waals surface area contributed by atoms with Crippen LogP contribution in [0.25, 0.3) is 11.3 Å². The molecule has 0 saturated heterocycles. The monoisotopic (exact) mass is 279 g/mol. The Bertz CT molecular complexity index is 620. The maximum atomic E-state index is 13.6. The van der Waals surface area contributed by atoms with Gasteiger partial charge >= 0.3 is 0 Å². The van der Waals surface area contributed by atoms with Gasteiger partial charge in [0.2, 0.25) is 5.13 Å². The van der Waals surface area contributed by atoms with Crippen molar-refractivity contribution in [3.63, 3.8) is 0 Å². The summed E-state index contributed by atoms with van der Waals surface area (Å²) in [6.45, 7) is 0. The minimum absolute atomic E-state index is 0.289. The molecule has 1 aliphatic rings. The molecule has 0 aliphatic heterocycles. The van der Waals surface area contributed by atoms with Crippen molar-refractivity contribution < 1.29 is 8.78 Å². The van der Waals surface area contributed by atoms with Gasteiger partial charge in [-0.1, -0.05) is 0 Å². The molecule has 1 N–H and O–H groups in total. The molecule has 0 radical (unpaired) electrons. The lowest BCUT2D eigenvalue weighted by molar-refractivity contribution is 0.585. The number of hydrogen-bond donors (Lipinski definition) is 1. The number of nitrogens with one attached hydrogen (secondary N) is 1. The van der Waals surface area contributed by atoms with Crippen molar-refractivity contribution in [2.75, 3.05) is 5.43 Å². The Hall–Kier alpha value is -1.82. The maximum Gasteiger partial charge on any atom is 0.203 e. The Morgan fingerprint density at radius 1 is 1.37 bits per heavy atom. The van der Waals surface area contributed by atoms with Crippen LogP contribution in [-0.2, 0) is 0 Å². The zero-order valence-corrected chi connectivity index (χ0v) is 10.8. The lowest BCUT2D eigenvalue weighted by atomic mass is 10.1. The molecule has 6 heteroatoms. The minimum atomic E-state index is -0.613. The van der Waals surface area contributed by atoms with Crippen molar-refractivity contribution in [2.24, 2.45) is 11.0 Å². The highest BCUT2D eigenvalue weighted by atomic mass is 32.1. The number of nitrogens with zero attached hydrogens (tertiary/aromatic N) is 2. The molecule has 1 aromatic carbocycles. The van der Waals surface area contributed by atoms with E-state index in [9.17, 15) is 8.78 Å². The highest BCUT2D eigenvalue weighted by molar-refractivity contribution is 7.14. The third-order valence-electron chi connectivity index (χ3n) is 2.78. The number of thiazole rings is 1. The van der Waals surface area contributed by atoms with E-state index < -0.39 is 11.6 Å². The average molecular weight is 279 g/mol. The molecule has 3 rings (SSSR count). The van der Waals surface area contributed by atoms with Gasteiger partial charge in [-0.25, -0.2) is 13.8 Å². The van der Waals surface area contributed by atoms with Crippen LogP contribution in [0.1, 0.15) is 12.8 Å². The number of anilines is 1. The first-order valence-corrected chi connectivity index (χ1v) is 6.80. The Morgan fingerprint density at radius 3 is 2.95 bits per heavy atom. The Morgan fingerprint density at radius 2 is 2.21 bits per heavy atom. The van der Waals surface area contributed by atoms with Gasteiger partial charge < -0.3 is 0 Å². The first-order valence-electron chi connectivity index (χ1n) is 5.92. The van der Waals surface area contributed by atoms with E-state index in [0.29, 0.717) is 16.7 Å². The van der Waals surface area contributed by atoms with E-state index >= 15 is 0 Å². The lowest BCUT2D eigenvalue weighted by Crippen LogP contribution is -1.90. The Labute approximate surface area is 113 Å². The number of hydrazone groups is 1. The minimum Gasteiger partial charge on any atom is -0.253 e. The molecule has 0 unspecified atom stereocenters. The number of rotatable bonds is 4. The zero-order chi connectivity index (χ0) is 13.2. The highest BCUT2D eigenvalue weighted by Crippen LogP contribution is 2.28. The fourth-order valence-electron chi connectivity index (χ4n) is 1.59. The van der Waals surface area contributed by atoms with E-state index in [1.54, 1.807) is 5.38 Å². The average Bonchev–Trinajstić information content (AvgIpc) is 3.07. The molecule has 0 bridgehead atoms. The molecular formula is C13H11F2N3S. The van der Waals surface area contributed by atoms with Crippen LogP contribution in [0.4, 0.5) is 13.9 Å². The summed E-state index contributed by atoms with van der Waals surface area (Å²) in [4.78, 5) is 4.22. The zero-order valence-electron chi connectivity index (χ0n) is 9.94. The molecule has 19 heavy (non-hydrogen) atoms. The second kappa shape index (κ2) is 5.05. The molecule has 3 nitrogen and oxygen atoms in total. The van der Waals surface area contributed by atoms with E-state index in [0.717, 1.165) is 6.07 Å². The van der Waals surface area contributed by atoms with Crippen LogP contribution in [0.3, 0.4) is 0 Å². The van der Waals surface area contributed by atoms with Gasteiger partial charge in [0.15, 0.2) is 0 Å². The van der Waals surface area contributed by atoms with Crippen molar-refractivity contribution in [3.8, 4) is 11.3 Å². The molecule has 1 fully saturated rings. The van der Waals surface area contributed by atoms with E-state index in [4.69, 9.17) is 0 Å². The molecule has 1 aromatic heterocycles. The molecule has 0 amide bonds. The quantitative estimate of drug-likeness (QED) is 0.681. The van der Waals surface area contributed by atoms with Crippen LogP contribution < -0.4 is 5.43 Å². The van der Waals surface area contributed by atoms with Crippen molar-refractivity contribution in [1.29, 1.82) is 0 Å². The number of benzene rings is 1. The van der Waals surface area contributed by atoms with E-state index in [2.05, 4.69) is 15.5 Å². The van der Waals surface area contributed by atoms with Crippen molar-refractivity contribution in [2.45, 2.75) is 12.8 Å². The molecule has 98 valence electrons. The molecule has 1 heterocycles. The number of hydrogen-bond acceptors (Lipinski definition) is 4. The van der Waals surface area contributed by atoms with E-state index in [1.165, 1.54) is 36.3 Å². The normalized spacial score (nSPS) is 15.1. The van der Waals surface area contributed by atoms with Crippen molar-refractivity contribution >= 4 is 22.7 Å². The molecular weight excluding hydrogens is 268 g/mol. The molecule has 2 aromatic rings. The Balaban J connectivity index is 1.76. The van der Waals surface area contributed by atoms with Crippen LogP contribution in [0.5, 0.6) is 0 Å². The summed E-state index contributed by atoms with van der Waals surface area (Å²) in [5.41, 5.74) is 3.58. The smallest absolute Gasteiger partial charge is 0.203 e. The maximum absolute atomic E-state index is 13.6. The Kier molecular flexibility index (Phi) is 3.25. The topological polar surface area (TPSA) is 37.3 Å². The third-order valence-corrected chi connectivity index (χ3v) is 3.53. The first kappa shape index (κ1) is 12.2. The summed E-state index contributed by atoms with van der Waals surface area (Å²) in [5.74, 6) is -0.622. The molecule has 1 saturated carbocycles. The van der Waals surface area contributed by atoms with Gasteiger partial charge in [-0.3, -0.25) is 5.43 Å². The summed E-state index contributed by atoms with van der Waals surface area (Å²) in [6.07, 6.45) is 4.24. The number of aromatic nitrogens is 1. The van der Waals surface area contributed by atoms with E-state index in [-0.39, 0.29) is 5.56 Å². The van der Waals surface area contributed by atoms with Crippen molar-refractivity contribution in [1.82, 2.24) is 4.98 Å². The van der Waals surface area contributed by atoms with Crippen LogP contribution >= 0.6 is 11.3 Å². The summed E-state index contributed by atoms with van der Waals surface area (Å²) >= 11 is 1.33. The number of halogens is 2. The lowest BCUT2D eigenvalue weighted by Gasteiger charge is -1.98. The standard InChI is InChI=1S/C13H11F2N3S/c14-9-3-4-10(11(15)5-9)12-7-19-13(17-12)18-16-6-8-1-2-8/h3-8H,1-2H2,(H,17,18)/b16-6+.